The number of carbonyl (C=O) groups is 1. The number of rotatable bonds is 6. The smallest absolute Gasteiger partial charge is 0.255 e. The molecule has 0 saturated heterocycles. The summed E-state index contributed by atoms with van der Waals surface area (Å²) in [4.78, 5) is 12.6. The summed E-state index contributed by atoms with van der Waals surface area (Å²) in [5.74, 6) is 0.513. The van der Waals surface area contributed by atoms with Crippen molar-refractivity contribution in [2.75, 3.05) is 10.0 Å². The molecule has 1 heterocycles. The van der Waals surface area contributed by atoms with E-state index < -0.39 is 15.3 Å². The number of furan rings is 1. The molecule has 0 aliphatic carbocycles. The minimum absolute atomic E-state index is 0.267. The van der Waals surface area contributed by atoms with Crippen LogP contribution < -0.4 is 10.0 Å². The lowest BCUT2D eigenvalue weighted by molar-refractivity contribution is 0.102. The second-order valence-electron chi connectivity index (χ2n) is 7.12. The molecule has 0 saturated carbocycles. The van der Waals surface area contributed by atoms with Crippen molar-refractivity contribution in [1.82, 2.24) is 0 Å². The lowest BCUT2D eigenvalue weighted by atomic mass is 9.99. The van der Waals surface area contributed by atoms with Gasteiger partial charge in [-0.05, 0) is 87.4 Å². The fourth-order valence-corrected chi connectivity index (χ4v) is 3.52. The summed E-state index contributed by atoms with van der Waals surface area (Å²) in [7, 11) is -3.42. The third kappa shape index (κ3) is 4.51. The topological polar surface area (TPSA) is 88.4 Å². The molecular formula is C22H24N2O4S. The molecule has 0 bridgehead atoms. The van der Waals surface area contributed by atoms with Crippen LogP contribution in [0.25, 0.3) is 11.3 Å². The summed E-state index contributed by atoms with van der Waals surface area (Å²) in [6.07, 6.45) is 1.63. The number of benzene rings is 2. The van der Waals surface area contributed by atoms with Gasteiger partial charge in [-0.25, -0.2) is 8.42 Å². The summed E-state index contributed by atoms with van der Waals surface area (Å²) in [5.41, 5.74) is 4.53. The Morgan fingerprint density at radius 1 is 0.966 bits per heavy atom. The number of hydrogen-bond donors (Lipinski definition) is 2. The molecule has 0 radical (unpaired) electrons. The van der Waals surface area contributed by atoms with E-state index >= 15 is 0 Å². The van der Waals surface area contributed by atoms with Gasteiger partial charge in [-0.2, -0.15) is 0 Å². The Hall–Kier alpha value is -3.06. The Morgan fingerprint density at radius 3 is 2.24 bits per heavy atom. The van der Waals surface area contributed by atoms with Crippen LogP contribution in [0.5, 0.6) is 0 Å². The van der Waals surface area contributed by atoms with E-state index in [1.807, 2.05) is 38.1 Å². The molecule has 6 nitrogen and oxygen atoms in total. The molecule has 0 aliphatic heterocycles. The molecule has 0 unspecified atom stereocenters. The molecule has 0 fully saturated rings. The van der Waals surface area contributed by atoms with Crippen molar-refractivity contribution in [3.8, 4) is 11.3 Å². The zero-order valence-corrected chi connectivity index (χ0v) is 17.6. The molecule has 3 aromatic rings. The van der Waals surface area contributed by atoms with Crippen molar-refractivity contribution in [2.24, 2.45) is 0 Å². The van der Waals surface area contributed by atoms with Gasteiger partial charge in [-0.3, -0.25) is 9.52 Å². The van der Waals surface area contributed by atoms with E-state index in [1.165, 1.54) is 0 Å². The van der Waals surface area contributed by atoms with Gasteiger partial charge in [0.25, 0.3) is 5.91 Å². The third-order valence-electron chi connectivity index (χ3n) is 4.85. The molecule has 3 rings (SSSR count). The summed E-state index contributed by atoms with van der Waals surface area (Å²) in [6.45, 7) is 7.14. The van der Waals surface area contributed by atoms with E-state index in [1.54, 1.807) is 44.4 Å². The number of sulfonamides is 1. The highest BCUT2D eigenvalue weighted by atomic mass is 32.2. The minimum Gasteiger partial charge on any atom is -0.464 e. The Balaban J connectivity index is 1.76. The molecule has 0 aliphatic rings. The average molecular weight is 413 g/mol. The maximum Gasteiger partial charge on any atom is 0.255 e. The Morgan fingerprint density at radius 2 is 1.66 bits per heavy atom. The Bertz CT molecular complexity index is 1120. The first-order valence-electron chi connectivity index (χ1n) is 9.26. The number of carbonyl (C=O) groups excluding carboxylic acids is 1. The summed E-state index contributed by atoms with van der Waals surface area (Å²) in [5, 5.41) is 2.38. The van der Waals surface area contributed by atoms with E-state index in [0.717, 1.165) is 22.5 Å². The number of hydrogen-bond acceptors (Lipinski definition) is 4. The predicted molar refractivity (Wildman–Crippen MR) is 116 cm³/mol. The molecule has 152 valence electrons. The lowest BCUT2D eigenvalue weighted by Crippen LogP contribution is -2.22. The first-order valence-corrected chi connectivity index (χ1v) is 10.8. The van der Waals surface area contributed by atoms with Crippen molar-refractivity contribution in [3.63, 3.8) is 0 Å². The Kier molecular flexibility index (Phi) is 5.79. The molecule has 0 spiro atoms. The van der Waals surface area contributed by atoms with Crippen molar-refractivity contribution < 1.29 is 17.6 Å². The van der Waals surface area contributed by atoms with Gasteiger partial charge in [0.05, 0.1) is 11.5 Å². The van der Waals surface area contributed by atoms with Crippen LogP contribution in [0.1, 0.15) is 35.3 Å². The van der Waals surface area contributed by atoms with Gasteiger partial charge in [-0.15, -0.1) is 0 Å². The fourth-order valence-electron chi connectivity index (χ4n) is 2.82. The van der Waals surface area contributed by atoms with Crippen LogP contribution in [0.15, 0.2) is 59.2 Å². The second kappa shape index (κ2) is 8.13. The van der Waals surface area contributed by atoms with Crippen LogP contribution >= 0.6 is 0 Å². The van der Waals surface area contributed by atoms with Crippen molar-refractivity contribution >= 4 is 27.3 Å². The third-order valence-corrected chi connectivity index (χ3v) is 6.61. The highest BCUT2D eigenvalue weighted by Gasteiger charge is 2.16. The van der Waals surface area contributed by atoms with Crippen LogP contribution in [0, 0.1) is 13.8 Å². The van der Waals surface area contributed by atoms with Gasteiger partial charge < -0.3 is 9.73 Å². The van der Waals surface area contributed by atoms with Crippen molar-refractivity contribution in [2.45, 2.75) is 32.9 Å². The minimum atomic E-state index is -3.42. The molecule has 2 N–H and O–H groups in total. The molecule has 29 heavy (non-hydrogen) atoms. The number of nitrogens with one attached hydrogen (secondary N) is 2. The van der Waals surface area contributed by atoms with Gasteiger partial charge in [0, 0.05) is 22.5 Å². The fraction of sp³-hybridized carbons (Fsp3) is 0.227. The molecule has 1 amide bonds. The van der Waals surface area contributed by atoms with E-state index in [4.69, 9.17) is 4.42 Å². The zero-order chi connectivity index (χ0) is 21.2. The van der Waals surface area contributed by atoms with Crippen LogP contribution in [0.4, 0.5) is 11.4 Å². The summed E-state index contributed by atoms with van der Waals surface area (Å²) in [6, 6.07) is 13.8. The second-order valence-corrected chi connectivity index (χ2v) is 9.35. The molecule has 7 heteroatoms. The molecular weight excluding hydrogens is 388 g/mol. The van der Waals surface area contributed by atoms with Crippen LogP contribution in [-0.2, 0) is 10.0 Å². The average Bonchev–Trinajstić information content (AvgIpc) is 3.20. The normalized spacial score (nSPS) is 11.5. The first kappa shape index (κ1) is 20.7. The highest BCUT2D eigenvalue weighted by Crippen LogP contribution is 2.30. The van der Waals surface area contributed by atoms with Gasteiger partial charge >= 0.3 is 0 Å². The van der Waals surface area contributed by atoms with Crippen molar-refractivity contribution in [1.29, 1.82) is 0 Å². The van der Waals surface area contributed by atoms with Crippen LogP contribution in [-0.4, -0.2) is 19.6 Å². The highest BCUT2D eigenvalue weighted by molar-refractivity contribution is 7.93. The monoisotopic (exact) mass is 412 g/mol. The van der Waals surface area contributed by atoms with E-state index in [2.05, 4.69) is 10.0 Å². The van der Waals surface area contributed by atoms with Gasteiger partial charge in [0.2, 0.25) is 10.0 Å². The lowest BCUT2D eigenvalue weighted by Gasteiger charge is -2.14. The van der Waals surface area contributed by atoms with Gasteiger partial charge in [0.15, 0.2) is 0 Å². The van der Waals surface area contributed by atoms with Crippen molar-refractivity contribution in [3.05, 3.63) is 71.5 Å². The predicted octanol–water partition coefficient (Wildman–Crippen LogP) is 4.97. The van der Waals surface area contributed by atoms with E-state index in [0.29, 0.717) is 16.9 Å². The standard InChI is InChI=1S/C22H24N2O4S/c1-14(2)29(26,27)24-18-9-7-17(8-10-18)22(25)23-20-12-11-19(15(3)16(20)4)21-6-5-13-28-21/h5-14,24H,1-4H3,(H,23,25). The molecule has 2 aromatic carbocycles. The number of amides is 1. The molecule has 0 atom stereocenters. The first-order chi connectivity index (χ1) is 13.7. The number of anilines is 2. The largest absolute Gasteiger partial charge is 0.464 e. The Labute approximate surface area is 171 Å². The van der Waals surface area contributed by atoms with Crippen LogP contribution in [0.3, 0.4) is 0 Å². The maximum atomic E-state index is 12.6. The SMILES string of the molecule is Cc1c(NC(=O)c2ccc(NS(=O)(=O)C(C)C)cc2)ccc(-c2ccco2)c1C. The van der Waals surface area contributed by atoms with E-state index in [-0.39, 0.29) is 5.91 Å². The molecule has 1 aromatic heterocycles. The van der Waals surface area contributed by atoms with Gasteiger partial charge in [0.1, 0.15) is 5.76 Å². The van der Waals surface area contributed by atoms with Crippen LogP contribution in [0.2, 0.25) is 0 Å². The quantitative estimate of drug-likeness (QED) is 0.598. The van der Waals surface area contributed by atoms with Gasteiger partial charge in [-0.1, -0.05) is 0 Å². The zero-order valence-electron chi connectivity index (χ0n) is 16.8. The van der Waals surface area contributed by atoms with E-state index in [9.17, 15) is 13.2 Å². The summed E-state index contributed by atoms with van der Waals surface area (Å²) < 4.78 is 31.9. The summed E-state index contributed by atoms with van der Waals surface area (Å²) >= 11 is 0. The maximum absolute atomic E-state index is 12.6.